The van der Waals surface area contributed by atoms with Crippen molar-refractivity contribution in [1.29, 1.82) is 0 Å². The quantitative estimate of drug-likeness (QED) is 0.315. The van der Waals surface area contributed by atoms with E-state index in [-0.39, 0.29) is 5.92 Å². The van der Waals surface area contributed by atoms with Crippen molar-refractivity contribution in [3.63, 3.8) is 0 Å². The fraction of sp³-hybridized carbons (Fsp3) is 0.833. The summed E-state index contributed by atoms with van der Waals surface area (Å²) in [5.74, 6) is -0.724. The predicted molar refractivity (Wildman–Crippen MR) is 87.0 cm³/mol. The van der Waals surface area contributed by atoms with E-state index >= 15 is 0 Å². The average Bonchev–Trinajstić information content (AvgIpc) is 2.43. The molecule has 0 rings (SSSR count). The van der Waals surface area contributed by atoms with E-state index in [9.17, 15) is 4.79 Å². The zero-order chi connectivity index (χ0) is 15.1. The van der Waals surface area contributed by atoms with Gasteiger partial charge in [-0.15, -0.1) is 0 Å². The number of hydrogen-bond acceptors (Lipinski definition) is 1. The fourth-order valence-corrected chi connectivity index (χ4v) is 2.42. The van der Waals surface area contributed by atoms with Crippen molar-refractivity contribution in [2.24, 2.45) is 5.92 Å². The lowest BCUT2D eigenvalue weighted by molar-refractivity contribution is -0.142. The van der Waals surface area contributed by atoms with Gasteiger partial charge in [0.05, 0.1) is 5.92 Å². The van der Waals surface area contributed by atoms with Gasteiger partial charge >= 0.3 is 5.97 Å². The van der Waals surface area contributed by atoms with Crippen LogP contribution in [0.2, 0.25) is 0 Å². The fourth-order valence-electron chi connectivity index (χ4n) is 2.42. The Balaban J connectivity index is 3.48. The molecule has 0 radical (unpaired) electrons. The first-order valence-electron chi connectivity index (χ1n) is 8.60. The first-order valence-corrected chi connectivity index (χ1v) is 8.60. The van der Waals surface area contributed by atoms with E-state index in [1.165, 1.54) is 32.1 Å². The summed E-state index contributed by atoms with van der Waals surface area (Å²) in [6.45, 7) is 4.35. The van der Waals surface area contributed by atoms with Crippen LogP contribution in [0.3, 0.4) is 0 Å². The SMILES string of the molecule is CCCCCC/C=C\CCCC[C@H](CCCC)C(=O)O. The van der Waals surface area contributed by atoms with Crippen molar-refractivity contribution in [3.05, 3.63) is 12.2 Å². The molecule has 0 amide bonds. The van der Waals surface area contributed by atoms with Crippen LogP contribution in [0, 0.1) is 5.92 Å². The molecule has 0 aromatic carbocycles. The smallest absolute Gasteiger partial charge is 0.306 e. The Labute approximate surface area is 125 Å². The Morgan fingerprint density at radius 2 is 1.40 bits per heavy atom. The Bertz CT molecular complexity index is 246. The minimum atomic E-state index is -0.607. The van der Waals surface area contributed by atoms with Crippen LogP contribution < -0.4 is 0 Å². The number of hydrogen-bond donors (Lipinski definition) is 1. The number of allylic oxidation sites excluding steroid dienone is 2. The number of carboxylic acid groups (broad SMARTS) is 1. The highest BCUT2D eigenvalue weighted by molar-refractivity contribution is 5.69. The number of rotatable bonds is 14. The van der Waals surface area contributed by atoms with Crippen LogP contribution in [-0.4, -0.2) is 11.1 Å². The molecule has 0 unspecified atom stereocenters. The predicted octanol–water partition coefficient (Wildman–Crippen LogP) is 5.96. The molecule has 2 heteroatoms. The summed E-state index contributed by atoms with van der Waals surface area (Å²) in [6.07, 6.45) is 18.2. The van der Waals surface area contributed by atoms with Crippen molar-refractivity contribution >= 4 is 5.97 Å². The third-order valence-corrected chi connectivity index (χ3v) is 3.82. The molecule has 2 nitrogen and oxygen atoms in total. The van der Waals surface area contributed by atoms with Crippen LogP contribution in [0.4, 0.5) is 0 Å². The molecule has 0 aromatic heterocycles. The molecule has 0 bridgehead atoms. The second kappa shape index (κ2) is 14.6. The molecule has 0 saturated carbocycles. The molecular weight excluding hydrogens is 248 g/mol. The molecular formula is C18H34O2. The normalized spacial score (nSPS) is 12.9. The largest absolute Gasteiger partial charge is 0.481 e. The second-order valence-electron chi connectivity index (χ2n) is 5.78. The van der Waals surface area contributed by atoms with Gasteiger partial charge in [-0.05, 0) is 38.5 Å². The van der Waals surface area contributed by atoms with Crippen molar-refractivity contribution in [2.75, 3.05) is 0 Å². The molecule has 0 spiro atoms. The maximum Gasteiger partial charge on any atom is 0.306 e. The first-order chi connectivity index (χ1) is 9.72. The molecule has 1 atom stereocenters. The summed E-state index contributed by atoms with van der Waals surface area (Å²) in [4.78, 5) is 11.1. The molecule has 0 aliphatic carbocycles. The minimum absolute atomic E-state index is 0.118. The summed E-state index contributed by atoms with van der Waals surface area (Å²) in [5, 5.41) is 9.13. The van der Waals surface area contributed by atoms with Crippen molar-refractivity contribution < 1.29 is 9.90 Å². The molecule has 20 heavy (non-hydrogen) atoms. The van der Waals surface area contributed by atoms with E-state index in [1.807, 2.05) is 0 Å². The van der Waals surface area contributed by atoms with E-state index in [4.69, 9.17) is 5.11 Å². The van der Waals surface area contributed by atoms with Crippen molar-refractivity contribution in [3.8, 4) is 0 Å². The highest BCUT2D eigenvalue weighted by Gasteiger charge is 2.15. The van der Waals surface area contributed by atoms with Crippen LogP contribution in [0.5, 0.6) is 0 Å². The van der Waals surface area contributed by atoms with Crippen LogP contribution in [0.1, 0.15) is 90.9 Å². The van der Waals surface area contributed by atoms with Crippen molar-refractivity contribution in [1.82, 2.24) is 0 Å². The van der Waals surface area contributed by atoms with Gasteiger partial charge < -0.3 is 5.11 Å². The standard InChI is InChI=1S/C18H34O2/c1-3-5-7-8-9-10-11-12-13-14-16-17(18(19)20)15-6-4-2/h10-11,17H,3-9,12-16H2,1-2H3,(H,19,20)/b11-10-/t17-/m0/s1. The van der Waals surface area contributed by atoms with Gasteiger partial charge in [0.2, 0.25) is 0 Å². The van der Waals surface area contributed by atoms with Crippen LogP contribution in [0.25, 0.3) is 0 Å². The lowest BCUT2D eigenvalue weighted by Gasteiger charge is -2.10. The van der Waals surface area contributed by atoms with Crippen LogP contribution in [0.15, 0.2) is 12.2 Å². The molecule has 0 heterocycles. The van der Waals surface area contributed by atoms with Gasteiger partial charge in [0.25, 0.3) is 0 Å². The van der Waals surface area contributed by atoms with Crippen molar-refractivity contribution in [2.45, 2.75) is 90.9 Å². The lowest BCUT2D eigenvalue weighted by Crippen LogP contribution is -2.13. The molecule has 0 fully saturated rings. The molecule has 0 aromatic rings. The Morgan fingerprint density at radius 1 is 0.850 bits per heavy atom. The Hall–Kier alpha value is -0.790. The Kier molecular flexibility index (Phi) is 14.0. The maximum atomic E-state index is 11.1. The summed E-state index contributed by atoms with van der Waals surface area (Å²) in [7, 11) is 0. The second-order valence-corrected chi connectivity index (χ2v) is 5.78. The zero-order valence-corrected chi connectivity index (χ0v) is 13.6. The number of carbonyl (C=O) groups is 1. The van der Waals surface area contributed by atoms with Gasteiger partial charge in [0, 0.05) is 0 Å². The summed E-state index contributed by atoms with van der Waals surface area (Å²) >= 11 is 0. The van der Waals surface area contributed by atoms with E-state index in [0.29, 0.717) is 0 Å². The summed E-state index contributed by atoms with van der Waals surface area (Å²) in [6, 6.07) is 0. The third-order valence-electron chi connectivity index (χ3n) is 3.82. The monoisotopic (exact) mass is 282 g/mol. The third kappa shape index (κ3) is 12.3. The highest BCUT2D eigenvalue weighted by Crippen LogP contribution is 2.17. The maximum absolute atomic E-state index is 11.1. The average molecular weight is 282 g/mol. The molecule has 0 aliphatic rings. The van der Waals surface area contributed by atoms with Gasteiger partial charge in [-0.1, -0.05) is 64.5 Å². The Morgan fingerprint density at radius 3 is 1.95 bits per heavy atom. The molecule has 118 valence electrons. The van der Waals surface area contributed by atoms with Gasteiger partial charge in [-0.25, -0.2) is 0 Å². The first kappa shape index (κ1) is 19.2. The van der Waals surface area contributed by atoms with E-state index in [0.717, 1.165) is 44.9 Å². The number of carboxylic acids is 1. The zero-order valence-electron chi connectivity index (χ0n) is 13.6. The summed E-state index contributed by atoms with van der Waals surface area (Å²) in [5.41, 5.74) is 0. The van der Waals surface area contributed by atoms with Gasteiger partial charge in [0.1, 0.15) is 0 Å². The van der Waals surface area contributed by atoms with Crippen LogP contribution >= 0.6 is 0 Å². The minimum Gasteiger partial charge on any atom is -0.481 e. The lowest BCUT2D eigenvalue weighted by atomic mass is 9.95. The van der Waals surface area contributed by atoms with E-state index in [2.05, 4.69) is 26.0 Å². The van der Waals surface area contributed by atoms with E-state index in [1.54, 1.807) is 0 Å². The molecule has 1 N–H and O–H groups in total. The molecule has 0 aliphatic heterocycles. The van der Waals surface area contributed by atoms with Gasteiger partial charge in [-0.2, -0.15) is 0 Å². The summed E-state index contributed by atoms with van der Waals surface area (Å²) < 4.78 is 0. The van der Waals surface area contributed by atoms with E-state index < -0.39 is 5.97 Å². The van der Waals surface area contributed by atoms with Gasteiger partial charge in [0.15, 0.2) is 0 Å². The van der Waals surface area contributed by atoms with Crippen LogP contribution in [-0.2, 0) is 4.79 Å². The number of unbranched alkanes of at least 4 members (excludes halogenated alkanes) is 7. The number of aliphatic carboxylic acids is 1. The topological polar surface area (TPSA) is 37.3 Å². The van der Waals surface area contributed by atoms with Gasteiger partial charge in [-0.3, -0.25) is 4.79 Å². The highest BCUT2D eigenvalue weighted by atomic mass is 16.4. The molecule has 0 saturated heterocycles.